The average molecular weight is 558 g/mol. The molecule has 0 spiro atoms. The molecule has 0 unspecified atom stereocenters. The number of carbonyl (C=O) groups excluding carboxylic acids is 2. The van der Waals surface area contributed by atoms with Crippen molar-refractivity contribution < 1.29 is 14.3 Å². The van der Waals surface area contributed by atoms with Gasteiger partial charge in [0.1, 0.15) is 0 Å². The largest absolute Gasteiger partial charge is 0.449 e. The third kappa shape index (κ3) is 5.66. The first-order chi connectivity index (χ1) is 20.4. The Balaban J connectivity index is 1.16. The third-order valence-electron chi connectivity index (χ3n) is 7.98. The van der Waals surface area contributed by atoms with E-state index in [-0.39, 0.29) is 17.6 Å². The van der Waals surface area contributed by atoms with Crippen molar-refractivity contribution in [2.45, 2.75) is 27.3 Å². The normalized spacial score (nSPS) is 15.9. The summed E-state index contributed by atoms with van der Waals surface area (Å²) in [6, 6.07) is 29.7. The minimum absolute atomic E-state index is 0.0260. The highest BCUT2D eigenvalue weighted by Gasteiger charge is 2.30. The second kappa shape index (κ2) is 11.6. The molecule has 42 heavy (non-hydrogen) atoms. The summed E-state index contributed by atoms with van der Waals surface area (Å²) in [5, 5.41) is 0. The van der Waals surface area contributed by atoms with E-state index in [2.05, 4.69) is 43.0 Å². The molecule has 0 radical (unpaired) electrons. The van der Waals surface area contributed by atoms with Crippen LogP contribution in [0.15, 0.2) is 96.8 Å². The highest BCUT2D eigenvalue weighted by Crippen LogP contribution is 2.36. The molecule has 6 rings (SSSR count). The van der Waals surface area contributed by atoms with Crippen LogP contribution < -0.4 is 14.5 Å². The fraction of sp³-hybridized carbons (Fsp3) is 0.222. The Morgan fingerprint density at radius 2 is 1.52 bits per heavy atom. The van der Waals surface area contributed by atoms with Crippen molar-refractivity contribution in [2.24, 2.45) is 0 Å². The summed E-state index contributed by atoms with van der Waals surface area (Å²) in [5.74, 6) is 0.723. The molecule has 4 aromatic rings. The lowest BCUT2D eigenvalue weighted by atomic mass is 10.1. The molecule has 1 saturated heterocycles. The van der Waals surface area contributed by atoms with E-state index in [0.717, 1.165) is 35.5 Å². The SMILES string of the molecule is Cc1cccc(CN2C(=O)C(=Cc3ccc(C(=O)N4CCN(c5cc(C)ccc5C)CC4)cc3)Oc3ccccc32)c1. The molecule has 6 nitrogen and oxygen atoms in total. The van der Waals surface area contributed by atoms with Crippen LogP contribution in [0, 0.1) is 20.8 Å². The number of nitrogens with zero attached hydrogens (tertiary/aromatic N) is 3. The molecule has 0 aromatic heterocycles. The molecular weight excluding hydrogens is 522 g/mol. The van der Waals surface area contributed by atoms with Gasteiger partial charge in [-0.3, -0.25) is 14.5 Å². The summed E-state index contributed by atoms with van der Waals surface area (Å²) in [6.07, 6.45) is 1.75. The zero-order valence-electron chi connectivity index (χ0n) is 24.3. The van der Waals surface area contributed by atoms with Gasteiger partial charge in [0, 0.05) is 37.4 Å². The minimum atomic E-state index is -0.197. The zero-order chi connectivity index (χ0) is 29.2. The van der Waals surface area contributed by atoms with E-state index >= 15 is 0 Å². The number of piperazine rings is 1. The van der Waals surface area contributed by atoms with Gasteiger partial charge >= 0.3 is 0 Å². The lowest BCUT2D eigenvalue weighted by molar-refractivity contribution is -0.117. The Hall–Kier alpha value is -4.84. The van der Waals surface area contributed by atoms with Gasteiger partial charge < -0.3 is 14.5 Å². The van der Waals surface area contributed by atoms with Gasteiger partial charge in [-0.15, -0.1) is 0 Å². The molecule has 2 aliphatic heterocycles. The van der Waals surface area contributed by atoms with Crippen LogP contribution in [0.1, 0.15) is 38.2 Å². The molecule has 0 atom stereocenters. The molecule has 212 valence electrons. The van der Waals surface area contributed by atoms with E-state index in [1.807, 2.05) is 78.6 Å². The van der Waals surface area contributed by atoms with Crippen molar-refractivity contribution in [3.05, 3.63) is 130 Å². The second-order valence-corrected chi connectivity index (χ2v) is 11.1. The van der Waals surface area contributed by atoms with Gasteiger partial charge in [0.25, 0.3) is 11.8 Å². The number of aryl methyl sites for hydroxylation is 3. The number of fused-ring (bicyclic) bond motifs is 1. The Kier molecular flexibility index (Phi) is 7.53. The molecule has 0 bridgehead atoms. The van der Waals surface area contributed by atoms with Crippen LogP contribution in [0.3, 0.4) is 0 Å². The van der Waals surface area contributed by atoms with E-state index in [0.29, 0.717) is 30.9 Å². The van der Waals surface area contributed by atoms with Gasteiger partial charge in [-0.05, 0) is 79.4 Å². The fourth-order valence-electron chi connectivity index (χ4n) is 5.68. The molecule has 2 heterocycles. The predicted octanol–water partition coefficient (Wildman–Crippen LogP) is 6.54. The molecule has 2 aliphatic rings. The minimum Gasteiger partial charge on any atom is -0.449 e. The fourth-order valence-corrected chi connectivity index (χ4v) is 5.68. The zero-order valence-corrected chi connectivity index (χ0v) is 24.3. The summed E-state index contributed by atoms with van der Waals surface area (Å²) in [5.41, 5.74) is 8.13. The van der Waals surface area contributed by atoms with Crippen LogP contribution in [0.5, 0.6) is 5.75 Å². The first-order valence-electron chi connectivity index (χ1n) is 14.4. The van der Waals surface area contributed by atoms with Crippen molar-refractivity contribution >= 4 is 29.3 Å². The van der Waals surface area contributed by atoms with Gasteiger partial charge in [-0.2, -0.15) is 0 Å². The van der Waals surface area contributed by atoms with Gasteiger partial charge in [0.15, 0.2) is 11.5 Å². The smallest absolute Gasteiger partial charge is 0.294 e. The predicted molar refractivity (Wildman–Crippen MR) is 168 cm³/mol. The molecule has 0 N–H and O–H groups in total. The second-order valence-electron chi connectivity index (χ2n) is 11.1. The summed E-state index contributed by atoms with van der Waals surface area (Å²) in [7, 11) is 0. The van der Waals surface area contributed by atoms with Gasteiger partial charge in [0.05, 0.1) is 12.2 Å². The van der Waals surface area contributed by atoms with E-state index in [4.69, 9.17) is 4.74 Å². The van der Waals surface area contributed by atoms with Gasteiger partial charge in [0.2, 0.25) is 0 Å². The van der Waals surface area contributed by atoms with Crippen LogP contribution in [0.25, 0.3) is 6.08 Å². The quantitative estimate of drug-likeness (QED) is 0.262. The molecule has 0 aliphatic carbocycles. The number of rotatable bonds is 5. The first kappa shape index (κ1) is 27.3. The van der Waals surface area contributed by atoms with Crippen LogP contribution in [0.2, 0.25) is 0 Å². The number of hydrogen-bond acceptors (Lipinski definition) is 4. The molecule has 2 amide bonds. The number of benzene rings is 4. The van der Waals surface area contributed by atoms with Crippen molar-refractivity contribution in [1.29, 1.82) is 0 Å². The molecule has 1 fully saturated rings. The van der Waals surface area contributed by atoms with Crippen molar-refractivity contribution in [2.75, 3.05) is 36.0 Å². The number of ether oxygens (including phenoxy) is 1. The van der Waals surface area contributed by atoms with Crippen molar-refractivity contribution in [3.8, 4) is 5.75 Å². The summed E-state index contributed by atoms with van der Waals surface area (Å²) >= 11 is 0. The highest BCUT2D eigenvalue weighted by atomic mass is 16.5. The number of hydrogen-bond donors (Lipinski definition) is 0. The standard InChI is InChI=1S/C36H35N3O3/c1-25-7-6-8-29(21-25)24-39-31-9-4-5-10-33(31)42-34(36(39)41)23-28-13-15-30(16-14-28)35(40)38-19-17-37(18-20-38)32-22-26(2)11-12-27(32)3/h4-16,21-23H,17-20,24H2,1-3H3. The van der Waals surface area contributed by atoms with Crippen molar-refractivity contribution in [1.82, 2.24) is 4.90 Å². The number of amides is 2. The Labute approximate surface area is 247 Å². The maximum absolute atomic E-state index is 13.6. The third-order valence-corrected chi connectivity index (χ3v) is 7.98. The van der Waals surface area contributed by atoms with Crippen molar-refractivity contribution in [3.63, 3.8) is 0 Å². The molecule has 0 saturated carbocycles. The summed E-state index contributed by atoms with van der Waals surface area (Å²) in [6.45, 7) is 9.70. The van der Waals surface area contributed by atoms with Gasteiger partial charge in [-0.1, -0.05) is 66.2 Å². The topological polar surface area (TPSA) is 53.1 Å². The lowest BCUT2D eigenvalue weighted by Crippen LogP contribution is -2.49. The van der Waals surface area contributed by atoms with E-state index in [1.165, 1.54) is 16.8 Å². The summed E-state index contributed by atoms with van der Waals surface area (Å²) < 4.78 is 6.06. The van der Waals surface area contributed by atoms with Crippen LogP contribution in [0.4, 0.5) is 11.4 Å². The monoisotopic (exact) mass is 557 g/mol. The van der Waals surface area contributed by atoms with Gasteiger partial charge in [-0.25, -0.2) is 0 Å². The Bertz CT molecular complexity index is 1670. The first-order valence-corrected chi connectivity index (χ1v) is 14.4. The molecular formula is C36H35N3O3. The maximum atomic E-state index is 13.6. The van der Waals surface area contributed by atoms with Crippen LogP contribution >= 0.6 is 0 Å². The van der Waals surface area contributed by atoms with E-state index in [1.54, 1.807) is 11.0 Å². The lowest BCUT2D eigenvalue weighted by Gasteiger charge is -2.37. The van der Waals surface area contributed by atoms with Crippen LogP contribution in [-0.2, 0) is 11.3 Å². The van der Waals surface area contributed by atoms with Crippen LogP contribution in [-0.4, -0.2) is 42.9 Å². The van der Waals surface area contributed by atoms with E-state index in [9.17, 15) is 9.59 Å². The molecule has 6 heteroatoms. The number of para-hydroxylation sites is 2. The average Bonchev–Trinajstić information content (AvgIpc) is 3.00. The maximum Gasteiger partial charge on any atom is 0.294 e. The number of carbonyl (C=O) groups is 2. The Morgan fingerprint density at radius 1 is 0.786 bits per heavy atom. The highest BCUT2D eigenvalue weighted by molar-refractivity contribution is 6.09. The van der Waals surface area contributed by atoms with E-state index < -0.39 is 0 Å². The summed E-state index contributed by atoms with van der Waals surface area (Å²) in [4.78, 5) is 32.9. The number of anilines is 2. The molecule has 4 aromatic carbocycles. The Morgan fingerprint density at radius 3 is 2.29 bits per heavy atom.